The number of nitrogens with zero attached hydrogens (tertiary/aromatic N) is 1. The Labute approximate surface area is 200 Å². The van der Waals surface area contributed by atoms with Gasteiger partial charge < -0.3 is 19.9 Å². The first kappa shape index (κ1) is 21.8. The maximum absolute atomic E-state index is 13.4. The number of nitrogens with one attached hydrogen (secondary N) is 2. The summed E-state index contributed by atoms with van der Waals surface area (Å²) in [5.74, 6) is 0.635. The molecule has 9 heteroatoms. The van der Waals surface area contributed by atoms with Gasteiger partial charge in [0, 0.05) is 35.9 Å². The molecule has 3 aliphatic rings. The van der Waals surface area contributed by atoms with Crippen LogP contribution in [0.3, 0.4) is 0 Å². The van der Waals surface area contributed by atoms with Gasteiger partial charge in [0.2, 0.25) is 5.91 Å². The molecule has 2 aliphatic heterocycles. The maximum Gasteiger partial charge on any atom is 0.330 e. The normalized spacial score (nSPS) is 23.3. The Kier molecular flexibility index (Phi) is 5.31. The van der Waals surface area contributed by atoms with Crippen LogP contribution in [0.1, 0.15) is 54.0 Å². The van der Waals surface area contributed by atoms with Crippen LogP contribution in [-0.2, 0) is 9.53 Å². The predicted molar refractivity (Wildman–Crippen MR) is 126 cm³/mol. The Morgan fingerprint density at radius 1 is 1.03 bits per heavy atom. The second kappa shape index (κ2) is 8.51. The number of fused-ring (bicyclic) bond motifs is 2. The highest BCUT2D eigenvalue weighted by molar-refractivity contribution is 5.89. The first-order valence-electron chi connectivity index (χ1n) is 11.8. The first-order chi connectivity index (χ1) is 17.0. The van der Waals surface area contributed by atoms with Gasteiger partial charge in [-0.1, -0.05) is 36.4 Å². The van der Waals surface area contributed by atoms with Crippen LogP contribution in [0, 0.1) is 0 Å². The number of aliphatic hydroxyl groups is 1. The molecule has 2 aromatic carbocycles. The van der Waals surface area contributed by atoms with Gasteiger partial charge in [0.25, 0.3) is 5.56 Å². The average Bonchev–Trinajstić information content (AvgIpc) is 3.63. The van der Waals surface area contributed by atoms with Crippen molar-refractivity contribution in [2.24, 2.45) is 0 Å². The molecule has 1 aromatic heterocycles. The summed E-state index contributed by atoms with van der Waals surface area (Å²) in [6.07, 6.45) is 1.27. The Balaban J connectivity index is 1.19. The molecular formula is C26H25N3O6. The molecule has 180 valence electrons. The highest BCUT2D eigenvalue weighted by atomic mass is 16.5. The summed E-state index contributed by atoms with van der Waals surface area (Å²) < 4.78 is 13.3. The molecule has 3 atom stereocenters. The number of aliphatic hydroxyl groups excluding tert-OH is 1. The summed E-state index contributed by atoms with van der Waals surface area (Å²) in [4.78, 5) is 40.2. The highest BCUT2D eigenvalue weighted by Gasteiger charge is 2.38. The van der Waals surface area contributed by atoms with E-state index < -0.39 is 30.0 Å². The highest BCUT2D eigenvalue weighted by Crippen LogP contribution is 2.44. The molecule has 3 N–H and O–H groups in total. The lowest BCUT2D eigenvalue weighted by Gasteiger charge is -2.28. The molecule has 2 fully saturated rings. The maximum atomic E-state index is 13.4. The summed E-state index contributed by atoms with van der Waals surface area (Å²) in [5.41, 5.74) is 1.16. The van der Waals surface area contributed by atoms with E-state index in [1.54, 1.807) is 6.20 Å². The quantitative estimate of drug-likeness (QED) is 0.520. The number of ether oxygens (including phenoxy) is 2. The van der Waals surface area contributed by atoms with E-state index in [0.717, 1.165) is 24.0 Å². The molecule has 35 heavy (non-hydrogen) atoms. The fourth-order valence-electron chi connectivity index (χ4n) is 4.97. The standard InChI is InChI=1S/C26H25N3O6/c30-18-11-22(29-13-17(14-9-10-14)24(31)28-26(29)33)35-21(18)12-27-25(32)23-15-5-1-3-7-19(15)34-20-8-4-2-6-16(20)23/h1-8,13-14,18,21-23,30H,9-12H2,(H,27,32)(H,28,31,33)/t18-,21+,22+/m0/s1. The molecule has 0 radical (unpaired) electrons. The largest absolute Gasteiger partial charge is 0.457 e. The number of hydrogen-bond acceptors (Lipinski definition) is 6. The fraction of sp³-hybridized carbons (Fsp3) is 0.346. The number of H-pyrrole nitrogens is 1. The van der Waals surface area contributed by atoms with Gasteiger partial charge in [-0.2, -0.15) is 0 Å². The van der Waals surface area contributed by atoms with E-state index in [1.807, 2.05) is 48.5 Å². The van der Waals surface area contributed by atoms with Crippen LogP contribution in [0.5, 0.6) is 11.5 Å². The molecule has 1 saturated heterocycles. The van der Waals surface area contributed by atoms with E-state index in [2.05, 4.69) is 10.3 Å². The molecule has 3 heterocycles. The second-order valence-electron chi connectivity index (χ2n) is 9.31. The van der Waals surface area contributed by atoms with E-state index in [0.29, 0.717) is 17.1 Å². The second-order valence-corrected chi connectivity index (χ2v) is 9.31. The van der Waals surface area contributed by atoms with Gasteiger partial charge in [-0.25, -0.2) is 4.79 Å². The van der Waals surface area contributed by atoms with Crippen molar-refractivity contribution in [1.82, 2.24) is 14.9 Å². The first-order valence-corrected chi connectivity index (χ1v) is 11.8. The lowest BCUT2D eigenvalue weighted by molar-refractivity contribution is -0.123. The van der Waals surface area contributed by atoms with Crippen molar-refractivity contribution < 1.29 is 19.4 Å². The SMILES string of the molecule is O=C(NC[C@H]1O[C@@H](n2cc(C3CC3)c(=O)[nH]c2=O)C[C@@H]1O)C1c2ccccc2Oc2ccccc21. The van der Waals surface area contributed by atoms with Crippen molar-refractivity contribution >= 4 is 5.91 Å². The van der Waals surface area contributed by atoms with E-state index in [9.17, 15) is 19.5 Å². The third-order valence-corrected chi connectivity index (χ3v) is 6.95. The Morgan fingerprint density at radius 2 is 1.69 bits per heavy atom. The monoisotopic (exact) mass is 475 g/mol. The van der Waals surface area contributed by atoms with Gasteiger partial charge in [-0.15, -0.1) is 0 Å². The number of para-hydroxylation sites is 2. The number of rotatable bonds is 5. The molecule has 9 nitrogen and oxygen atoms in total. The minimum Gasteiger partial charge on any atom is -0.457 e. The third kappa shape index (κ3) is 3.96. The zero-order valence-electron chi connectivity index (χ0n) is 18.8. The molecule has 0 unspecified atom stereocenters. The van der Waals surface area contributed by atoms with Crippen molar-refractivity contribution in [3.63, 3.8) is 0 Å². The topological polar surface area (TPSA) is 123 Å². The van der Waals surface area contributed by atoms with Gasteiger partial charge in [0.05, 0.1) is 12.0 Å². The lowest BCUT2D eigenvalue weighted by Crippen LogP contribution is -2.40. The van der Waals surface area contributed by atoms with Crippen molar-refractivity contribution in [3.05, 3.63) is 92.3 Å². The number of benzene rings is 2. The average molecular weight is 476 g/mol. The molecule has 1 saturated carbocycles. The number of amides is 1. The van der Waals surface area contributed by atoms with E-state index in [4.69, 9.17) is 9.47 Å². The number of carbonyl (C=O) groups excluding carboxylic acids is 1. The smallest absolute Gasteiger partial charge is 0.330 e. The number of carbonyl (C=O) groups is 1. The number of aromatic amines is 1. The predicted octanol–water partition coefficient (Wildman–Crippen LogP) is 2.12. The van der Waals surface area contributed by atoms with Crippen LogP contribution in [0.4, 0.5) is 0 Å². The van der Waals surface area contributed by atoms with Crippen molar-refractivity contribution in [1.29, 1.82) is 0 Å². The third-order valence-electron chi connectivity index (χ3n) is 6.95. The lowest BCUT2D eigenvalue weighted by atomic mass is 9.87. The van der Waals surface area contributed by atoms with Gasteiger partial charge in [0.1, 0.15) is 23.8 Å². The Bertz CT molecular complexity index is 1360. The van der Waals surface area contributed by atoms with Crippen molar-refractivity contribution in [2.45, 2.75) is 49.5 Å². The van der Waals surface area contributed by atoms with Gasteiger partial charge in [0.15, 0.2) is 0 Å². The zero-order valence-corrected chi connectivity index (χ0v) is 18.8. The molecule has 0 bridgehead atoms. The molecule has 6 rings (SSSR count). The van der Waals surface area contributed by atoms with Gasteiger partial charge in [-0.3, -0.25) is 19.1 Å². The van der Waals surface area contributed by atoms with Crippen LogP contribution in [0.2, 0.25) is 0 Å². The minimum absolute atomic E-state index is 0.0752. The number of aromatic nitrogens is 2. The van der Waals surface area contributed by atoms with Crippen LogP contribution in [0.25, 0.3) is 0 Å². The van der Waals surface area contributed by atoms with E-state index in [-0.39, 0.29) is 30.3 Å². The van der Waals surface area contributed by atoms with Crippen LogP contribution in [-0.4, -0.2) is 39.3 Å². The van der Waals surface area contributed by atoms with Crippen LogP contribution in [0.15, 0.2) is 64.3 Å². The minimum atomic E-state index is -0.877. The van der Waals surface area contributed by atoms with Crippen molar-refractivity contribution in [3.8, 4) is 11.5 Å². The Morgan fingerprint density at radius 3 is 2.34 bits per heavy atom. The van der Waals surface area contributed by atoms with Crippen LogP contribution < -0.4 is 21.3 Å². The summed E-state index contributed by atoms with van der Waals surface area (Å²) in [6.45, 7) is 0.0752. The summed E-state index contributed by atoms with van der Waals surface area (Å²) in [5, 5.41) is 13.5. The van der Waals surface area contributed by atoms with Gasteiger partial charge in [-0.05, 0) is 30.9 Å². The van der Waals surface area contributed by atoms with E-state index in [1.165, 1.54) is 4.57 Å². The molecule has 0 spiro atoms. The van der Waals surface area contributed by atoms with E-state index >= 15 is 0 Å². The van der Waals surface area contributed by atoms with Gasteiger partial charge >= 0.3 is 5.69 Å². The fourth-order valence-corrected chi connectivity index (χ4v) is 4.97. The summed E-state index contributed by atoms with van der Waals surface area (Å²) >= 11 is 0. The molecule has 3 aromatic rings. The Hall–Kier alpha value is -3.69. The molecule has 1 aliphatic carbocycles. The zero-order chi connectivity index (χ0) is 24.1. The summed E-state index contributed by atoms with van der Waals surface area (Å²) in [6, 6.07) is 14.8. The summed E-state index contributed by atoms with van der Waals surface area (Å²) in [7, 11) is 0. The molecular weight excluding hydrogens is 450 g/mol. The number of hydrogen-bond donors (Lipinski definition) is 3. The van der Waals surface area contributed by atoms with Crippen molar-refractivity contribution in [2.75, 3.05) is 6.54 Å². The molecule has 1 amide bonds. The van der Waals surface area contributed by atoms with Crippen LogP contribution >= 0.6 is 0 Å².